The number of hydrogen-bond donors (Lipinski definition) is 0. The van der Waals surface area contributed by atoms with Crippen LogP contribution in [0, 0.1) is 0 Å². The van der Waals surface area contributed by atoms with E-state index in [1.165, 1.54) is 5.39 Å². The van der Waals surface area contributed by atoms with E-state index < -0.39 is 0 Å². The topological polar surface area (TPSA) is 17.8 Å². The van der Waals surface area contributed by atoms with Crippen LogP contribution in [0.1, 0.15) is 5.69 Å². The minimum atomic E-state index is 0.831. The molecule has 0 atom stereocenters. The maximum absolute atomic E-state index is 4.63. The van der Waals surface area contributed by atoms with Crippen molar-refractivity contribution in [1.82, 2.24) is 9.55 Å². The molecule has 0 radical (unpaired) electrons. The van der Waals surface area contributed by atoms with Crippen molar-refractivity contribution in [2.75, 3.05) is 0 Å². The van der Waals surface area contributed by atoms with E-state index in [4.69, 9.17) is 0 Å². The maximum atomic E-state index is 4.63. The third-order valence-corrected chi connectivity index (χ3v) is 2.67. The number of pyridine rings is 1. The molecule has 0 fully saturated rings. The molecule has 0 saturated heterocycles. The number of aromatic nitrogens is 2. The summed E-state index contributed by atoms with van der Waals surface area (Å²) in [5.41, 5.74) is 2.15. The second-order valence-corrected chi connectivity index (χ2v) is 3.85. The Morgan fingerprint density at radius 2 is 1.69 bits per heavy atom. The van der Waals surface area contributed by atoms with Crippen molar-refractivity contribution in [3.05, 3.63) is 66.6 Å². The van der Waals surface area contributed by atoms with Crippen molar-refractivity contribution >= 4 is 10.9 Å². The highest BCUT2D eigenvalue weighted by Gasteiger charge is 1.98. The molecule has 16 heavy (non-hydrogen) atoms. The van der Waals surface area contributed by atoms with Gasteiger partial charge in [-0.15, -0.1) is 0 Å². The first-order chi connectivity index (χ1) is 7.92. The fourth-order valence-corrected chi connectivity index (χ4v) is 1.86. The summed E-state index contributed by atoms with van der Waals surface area (Å²) >= 11 is 0. The number of hydrogen-bond acceptors (Lipinski definition) is 1. The molecule has 3 rings (SSSR count). The average Bonchev–Trinajstić information content (AvgIpc) is 2.82. The molecule has 2 aromatic heterocycles. The van der Waals surface area contributed by atoms with Crippen molar-refractivity contribution in [3.8, 4) is 0 Å². The van der Waals surface area contributed by atoms with Crippen LogP contribution in [0.2, 0.25) is 0 Å². The lowest BCUT2D eigenvalue weighted by atomic mass is 10.2. The molecule has 1 aromatic carbocycles. The van der Waals surface area contributed by atoms with Crippen molar-refractivity contribution in [3.63, 3.8) is 0 Å². The van der Waals surface area contributed by atoms with Gasteiger partial charge in [-0.2, -0.15) is 0 Å². The highest BCUT2D eigenvalue weighted by Crippen LogP contribution is 2.12. The predicted molar refractivity (Wildman–Crippen MR) is 65.3 cm³/mol. The Morgan fingerprint density at radius 1 is 0.875 bits per heavy atom. The normalized spacial score (nSPS) is 10.8. The van der Waals surface area contributed by atoms with Gasteiger partial charge in [0.25, 0.3) is 0 Å². The zero-order chi connectivity index (χ0) is 10.8. The van der Waals surface area contributed by atoms with Gasteiger partial charge < -0.3 is 4.57 Å². The molecule has 0 unspecified atom stereocenters. The summed E-state index contributed by atoms with van der Waals surface area (Å²) in [7, 11) is 0. The summed E-state index contributed by atoms with van der Waals surface area (Å²) < 4.78 is 2.12. The monoisotopic (exact) mass is 208 g/mol. The van der Waals surface area contributed by atoms with Crippen LogP contribution >= 0.6 is 0 Å². The summed E-state index contributed by atoms with van der Waals surface area (Å²) in [6.45, 7) is 0.831. The Morgan fingerprint density at radius 3 is 2.56 bits per heavy atom. The van der Waals surface area contributed by atoms with Gasteiger partial charge in [0.2, 0.25) is 0 Å². The lowest BCUT2D eigenvalue weighted by molar-refractivity contribution is 0.785. The van der Waals surface area contributed by atoms with Crippen LogP contribution in [0.15, 0.2) is 60.9 Å². The Hall–Kier alpha value is -2.09. The van der Waals surface area contributed by atoms with Gasteiger partial charge in [-0.05, 0) is 24.3 Å². The third kappa shape index (κ3) is 1.70. The molecule has 2 nitrogen and oxygen atoms in total. The fourth-order valence-electron chi connectivity index (χ4n) is 1.86. The van der Waals surface area contributed by atoms with Gasteiger partial charge in [-0.25, -0.2) is 0 Å². The van der Waals surface area contributed by atoms with Crippen LogP contribution in [0.5, 0.6) is 0 Å². The van der Waals surface area contributed by atoms with Gasteiger partial charge in [0, 0.05) is 17.8 Å². The number of benzene rings is 1. The van der Waals surface area contributed by atoms with Gasteiger partial charge in [-0.1, -0.05) is 24.3 Å². The van der Waals surface area contributed by atoms with E-state index in [-0.39, 0.29) is 0 Å². The first-order valence-electron chi connectivity index (χ1n) is 5.37. The zero-order valence-electron chi connectivity index (χ0n) is 8.88. The van der Waals surface area contributed by atoms with E-state index in [2.05, 4.69) is 46.2 Å². The summed E-state index contributed by atoms with van der Waals surface area (Å²) in [5.74, 6) is 0. The SMILES string of the molecule is c1ccc2nc(Cn3cccc3)ccc2c1. The summed E-state index contributed by atoms with van der Waals surface area (Å²) in [5, 5.41) is 1.19. The van der Waals surface area contributed by atoms with Crippen LogP contribution in [0.4, 0.5) is 0 Å². The first-order valence-corrected chi connectivity index (χ1v) is 5.37. The number of nitrogens with zero attached hydrogens (tertiary/aromatic N) is 2. The van der Waals surface area contributed by atoms with Crippen molar-refractivity contribution < 1.29 is 0 Å². The molecule has 0 aliphatic rings. The smallest absolute Gasteiger partial charge is 0.0706 e. The molecule has 0 aliphatic heterocycles. The summed E-state index contributed by atoms with van der Waals surface area (Å²) in [6.07, 6.45) is 4.10. The molecule has 2 heterocycles. The van der Waals surface area contributed by atoms with E-state index in [0.717, 1.165) is 17.8 Å². The largest absolute Gasteiger partial charge is 0.348 e. The Bertz CT molecular complexity index is 597. The van der Waals surface area contributed by atoms with E-state index in [1.54, 1.807) is 0 Å². The highest BCUT2D eigenvalue weighted by molar-refractivity contribution is 5.78. The van der Waals surface area contributed by atoms with E-state index in [1.807, 2.05) is 24.3 Å². The van der Waals surface area contributed by atoms with E-state index in [0.29, 0.717) is 0 Å². The lowest BCUT2D eigenvalue weighted by Gasteiger charge is -2.04. The lowest BCUT2D eigenvalue weighted by Crippen LogP contribution is -1.98. The Labute approximate surface area is 94.2 Å². The van der Waals surface area contributed by atoms with E-state index in [9.17, 15) is 0 Å². The van der Waals surface area contributed by atoms with Gasteiger partial charge in [0.05, 0.1) is 17.8 Å². The van der Waals surface area contributed by atoms with Crippen molar-refractivity contribution in [2.45, 2.75) is 6.54 Å². The van der Waals surface area contributed by atoms with Crippen LogP contribution < -0.4 is 0 Å². The summed E-state index contributed by atoms with van der Waals surface area (Å²) in [6, 6.07) is 16.5. The molecule has 3 aromatic rings. The van der Waals surface area contributed by atoms with Gasteiger partial charge in [0.1, 0.15) is 0 Å². The van der Waals surface area contributed by atoms with Crippen LogP contribution in [0.25, 0.3) is 10.9 Å². The minimum Gasteiger partial charge on any atom is -0.348 e. The number of fused-ring (bicyclic) bond motifs is 1. The van der Waals surface area contributed by atoms with Gasteiger partial charge in [0.15, 0.2) is 0 Å². The number of rotatable bonds is 2. The van der Waals surface area contributed by atoms with E-state index >= 15 is 0 Å². The zero-order valence-corrected chi connectivity index (χ0v) is 8.88. The molecule has 0 spiro atoms. The molecule has 0 aliphatic carbocycles. The molecule has 0 amide bonds. The molecule has 0 saturated carbocycles. The van der Waals surface area contributed by atoms with Crippen LogP contribution in [-0.4, -0.2) is 9.55 Å². The molecular weight excluding hydrogens is 196 g/mol. The summed E-state index contributed by atoms with van der Waals surface area (Å²) in [4.78, 5) is 4.63. The molecule has 78 valence electrons. The maximum Gasteiger partial charge on any atom is 0.0706 e. The predicted octanol–water partition coefficient (Wildman–Crippen LogP) is 3.08. The molecule has 2 heteroatoms. The van der Waals surface area contributed by atoms with Crippen molar-refractivity contribution in [1.29, 1.82) is 0 Å². The Balaban J connectivity index is 1.99. The second kappa shape index (κ2) is 3.81. The van der Waals surface area contributed by atoms with Crippen LogP contribution in [-0.2, 0) is 6.54 Å². The number of para-hydroxylation sites is 1. The average molecular weight is 208 g/mol. The first kappa shape index (κ1) is 9.16. The standard InChI is InChI=1S/C14H12N2/c1-2-6-14-12(5-1)7-8-13(15-14)11-16-9-3-4-10-16/h1-10H,11H2. The minimum absolute atomic E-state index is 0.831. The molecular formula is C14H12N2. The second-order valence-electron chi connectivity index (χ2n) is 3.85. The molecule has 0 bridgehead atoms. The third-order valence-electron chi connectivity index (χ3n) is 2.67. The van der Waals surface area contributed by atoms with Crippen LogP contribution in [0.3, 0.4) is 0 Å². The van der Waals surface area contributed by atoms with Crippen molar-refractivity contribution in [2.24, 2.45) is 0 Å². The quantitative estimate of drug-likeness (QED) is 0.632. The fraction of sp³-hybridized carbons (Fsp3) is 0.0714. The highest BCUT2D eigenvalue weighted by atomic mass is 14.9. The Kier molecular flexibility index (Phi) is 2.18. The molecule has 0 N–H and O–H groups in total. The van der Waals surface area contributed by atoms with Gasteiger partial charge in [-0.3, -0.25) is 4.98 Å². The van der Waals surface area contributed by atoms with Gasteiger partial charge >= 0.3 is 0 Å².